The summed E-state index contributed by atoms with van der Waals surface area (Å²) in [4.78, 5) is 1.50. The number of hydrogen-bond donors (Lipinski definition) is 0. The molecule has 0 nitrogen and oxygen atoms in total. The summed E-state index contributed by atoms with van der Waals surface area (Å²) < 4.78 is 1.22. The van der Waals surface area contributed by atoms with Gasteiger partial charge in [0, 0.05) is 20.6 Å². The largest absolute Gasteiger partial charge is 0.148 e. The lowest BCUT2D eigenvalue weighted by Gasteiger charge is -2.35. The standard InChI is InChI=1S/C13H16BrClS/c14-11-4-12(16-7-11)6-13(8-15)5-9-1-2-10(13)3-9/h4,7,9-10H,1-3,5-6,8H2. The Bertz CT molecular complexity index is 389. The van der Waals surface area contributed by atoms with Crippen molar-refractivity contribution in [1.29, 1.82) is 0 Å². The summed E-state index contributed by atoms with van der Waals surface area (Å²) in [5.41, 5.74) is 0.425. The average molecular weight is 320 g/mol. The molecular weight excluding hydrogens is 304 g/mol. The molecular formula is C13H16BrClS. The Balaban J connectivity index is 1.81. The molecule has 16 heavy (non-hydrogen) atoms. The predicted molar refractivity (Wildman–Crippen MR) is 74.3 cm³/mol. The maximum absolute atomic E-state index is 6.31. The van der Waals surface area contributed by atoms with Crippen LogP contribution in [0.4, 0.5) is 0 Å². The first-order valence-corrected chi connectivity index (χ1v) is 8.21. The Morgan fingerprint density at radius 2 is 2.38 bits per heavy atom. The van der Waals surface area contributed by atoms with Crippen LogP contribution in [0.15, 0.2) is 15.9 Å². The van der Waals surface area contributed by atoms with Crippen LogP contribution in [0.2, 0.25) is 0 Å². The maximum Gasteiger partial charge on any atom is 0.0286 e. The molecule has 2 saturated carbocycles. The number of halogens is 2. The van der Waals surface area contributed by atoms with E-state index < -0.39 is 0 Å². The fraction of sp³-hybridized carbons (Fsp3) is 0.692. The van der Waals surface area contributed by atoms with Gasteiger partial charge in [-0.3, -0.25) is 0 Å². The Hall–Kier alpha value is 0.470. The summed E-state index contributed by atoms with van der Waals surface area (Å²) >= 11 is 11.7. The van der Waals surface area contributed by atoms with Crippen LogP contribution in [0.25, 0.3) is 0 Å². The predicted octanol–water partition coefficient (Wildman–Crippen LogP) is 5.10. The lowest BCUT2D eigenvalue weighted by Crippen LogP contribution is -2.31. The van der Waals surface area contributed by atoms with Crippen LogP contribution < -0.4 is 0 Å². The van der Waals surface area contributed by atoms with Crippen LogP contribution in [0.5, 0.6) is 0 Å². The molecule has 0 amide bonds. The van der Waals surface area contributed by atoms with E-state index in [1.807, 2.05) is 11.3 Å². The molecule has 88 valence electrons. The summed E-state index contributed by atoms with van der Waals surface area (Å²) in [6.07, 6.45) is 6.89. The average Bonchev–Trinajstić information content (AvgIpc) is 2.94. The van der Waals surface area contributed by atoms with Crippen molar-refractivity contribution in [3.8, 4) is 0 Å². The van der Waals surface area contributed by atoms with E-state index in [-0.39, 0.29) is 0 Å². The molecule has 1 aromatic heterocycles. The Morgan fingerprint density at radius 1 is 1.50 bits per heavy atom. The SMILES string of the molecule is ClCC1(Cc2cc(Br)cs2)CC2CCC1C2. The maximum atomic E-state index is 6.31. The van der Waals surface area contributed by atoms with Crippen LogP contribution in [0.3, 0.4) is 0 Å². The van der Waals surface area contributed by atoms with Crippen molar-refractivity contribution >= 4 is 38.9 Å². The number of hydrogen-bond acceptors (Lipinski definition) is 1. The van der Waals surface area contributed by atoms with Crippen molar-refractivity contribution in [1.82, 2.24) is 0 Å². The molecule has 2 bridgehead atoms. The van der Waals surface area contributed by atoms with E-state index in [1.54, 1.807) is 0 Å². The van der Waals surface area contributed by atoms with Crippen molar-refractivity contribution < 1.29 is 0 Å². The summed E-state index contributed by atoms with van der Waals surface area (Å²) in [6.45, 7) is 0. The topological polar surface area (TPSA) is 0 Å². The summed E-state index contributed by atoms with van der Waals surface area (Å²) in [7, 11) is 0. The van der Waals surface area contributed by atoms with Gasteiger partial charge in [-0.15, -0.1) is 22.9 Å². The quantitative estimate of drug-likeness (QED) is 0.680. The minimum absolute atomic E-state index is 0.425. The fourth-order valence-corrected chi connectivity index (χ4v) is 5.81. The highest BCUT2D eigenvalue weighted by Gasteiger charge is 2.50. The van der Waals surface area contributed by atoms with Crippen LogP contribution in [0, 0.1) is 17.3 Å². The third-order valence-electron chi connectivity index (χ3n) is 4.52. The number of alkyl halides is 1. The van der Waals surface area contributed by atoms with Gasteiger partial charge in [0.25, 0.3) is 0 Å². The van der Waals surface area contributed by atoms with Gasteiger partial charge < -0.3 is 0 Å². The molecule has 0 aliphatic heterocycles. The van der Waals surface area contributed by atoms with Gasteiger partial charge in [0.15, 0.2) is 0 Å². The van der Waals surface area contributed by atoms with Crippen LogP contribution in [0.1, 0.15) is 30.6 Å². The summed E-state index contributed by atoms with van der Waals surface area (Å²) in [6, 6.07) is 2.27. The molecule has 3 atom stereocenters. The molecule has 2 aliphatic carbocycles. The zero-order valence-corrected chi connectivity index (χ0v) is 12.4. The number of rotatable bonds is 3. The molecule has 2 fully saturated rings. The first-order valence-electron chi connectivity index (χ1n) is 6.01. The Kier molecular flexibility index (Phi) is 3.10. The molecule has 0 N–H and O–H groups in total. The fourth-order valence-electron chi connectivity index (χ4n) is 3.78. The van der Waals surface area contributed by atoms with Crippen LogP contribution in [-0.2, 0) is 6.42 Å². The van der Waals surface area contributed by atoms with Gasteiger partial charge in [-0.05, 0) is 64.9 Å². The second-order valence-corrected chi connectivity index (χ2v) is 7.66. The normalized spacial score (nSPS) is 37.1. The second-order valence-electron chi connectivity index (χ2n) is 5.48. The van der Waals surface area contributed by atoms with Crippen molar-refractivity contribution in [3.63, 3.8) is 0 Å². The molecule has 1 heterocycles. The zero-order chi connectivity index (χ0) is 11.2. The lowest BCUT2D eigenvalue weighted by atomic mass is 9.72. The molecule has 0 spiro atoms. The van der Waals surface area contributed by atoms with Gasteiger partial charge in [0.2, 0.25) is 0 Å². The molecule has 0 aromatic carbocycles. The lowest BCUT2D eigenvalue weighted by molar-refractivity contribution is 0.194. The summed E-state index contributed by atoms with van der Waals surface area (Å²) in [5.74, 6) is 2.73. The van der Waals surface area contributed by atoms with E-state index in [1.165, 1.54) is 41.5 Å². The van der Waals surface area contributed by atoms with Gasteiger partial charge in [-0.25, -0.2) is 0 Å². The highest BCUT2D eigenvalue weighted by molar-refractivity contribution is 9.10. The molecule has 3 unspecified atom stereocenters. The van der Waals surface area contributed by atoms with Crippen molar-refractivity contribution in [2.45, 2.75) is 32.1 Å². The van der Waals surface area contributed by atoms with Gasteiger partial charge in [0.1, 0.15) is 0 Å². The van der Waals surface area contributed by atoms with E-state index in [4.69, 9.17) is 11.6 Å². The van der Waals surface area contributed by atoms with Gasteiger partial charge in [-0.2, -0.15) is 0 Å². The molecule has 3 rings (SSSR count). The smallest absolute Gasteiger partial charge is 0.0286 e. The molecule has 3 heteroatoms. The van der Waals surface area contributed by atoms with E-state index in [0.29, 0.717) is 5.41 Å². The van der Waals surface area contributed by atoms with Gasteiger partial charge in [-0.1, -0.05) is 6.42 Å². The second kappa shape index (κ2) is 4.29. The van der Waals surface area contributed by atoms with E-state index in [9.17, 15) is 0 Å². The molecule has 0 saturated heterocycles. The third kappa shape index (κ3) is 1.87. The van der Waals surface area contributed by atoms with E-state index >= 15 is 0 Å². The Labute approximate surface area is 115 Å². The van der Waals surface area contributed by atoms with Gasteiger partial charge in [0.05, 0.1) is 0 Å². The van der Waals surface area contributed by atoms with Crippen molar-refractivity contribution in [2.75, 3.05) is 5.88 Å². The van der Waals surface area contributed by atoms with Crippen LogP contribution in [-0.4, -0.2) is 5.88 Å². The molecule has 2 aliphatic rings. The monoisotopic (exact) mass is 318 g/mol. The minimum Gasteiger partial charge on any atom is -0.148 e. The van der Waals surface area contributed by atoms with Gasteiger partial charge >= 0.3 is 0 Å². The first kappa shape index (κ1) is 11.6. The Morgan fingerprint density at radius 3 is 2.88 bits per heavy atom. The number of fused-ring (bicyclic) bond motifs is 2. The molecule has 1 aromatic rings. The van der Waals surface area contributed by atoms with E-state index in [0.717, 1.165) is 17.7 Å². The number of thiophene rings is 1. The zero-order valence-electron chi connectivity index (χ0n) is 9.22. The molecule has 0 radical (unpaired) electrons. The minimum atomic E-state index is 0.425. The highest BCUT2D eigenvalue weighted by atomic mass is 79.9. The highest BCUT2D eigenvalue weighted by Crippen LogP contribution is 2.58. The van der Waals surface area contributed by atoms with Crippen LogP contribution >= 0.6 is 38.9 Å². The van der Waals surface area contributed by atoms with Crippen molar-refractivity contribution in [2.24, 2.45) is 17.3 Å². The van der Waals surface area contributed by atoms with E-state index in [2.05, 4.69) is 27.4 Å². The van der Waals surface area contributed by atoms with Crippen molar-refractivity contribution in [3.05, 3.63) is 20.8 Å². The first-order chi connectivity index (χ1) is 7.72. The summed E-state index contributed by atoms with van der Waals surface area (Å²) in [5, 5.41) is 2.18. The third-order valence-corrected chi connectivity index (χ3v) is 6.75.